The van der Waals surface area contributed by atoms with Crippen LogP contribution in [0.2, 0.25) is 10.0 Å². The summed E-state index contributed by atoms with van der Waals surface area (Å²) >= 11 is 17.6. The molecule has 1 fully saturated rings. The van der Waals surface area contributed by atoms with Gasteiger partial charge in [-0.25, -0.2) is 9.78 Å². The van der Waals surface area contributed by atoms with Crippen LogP contribution >= 0.6 is 35.4 Å². The van der Waals surface area contributed by atoms with Gasteiger partial charge in [-0.15, -0.1) is 0 Å². The average Bonchev–Trinajstić information content (AvgIpc) is 2.58. The Bertz CT molecular complexity index is 888. The van der Waals surface area contributed by atoms with Crippen molar-refractivity contribution in [2.75, 3.05) is 18.0 Å². The average molecular weight is 410 g/mol. The minimum absolute atomic E-state index is 0.0851. The molecule has 1 aromatic heterocycles. The van der Waals surface area contributed by atoms with Gasteiger partial charge in [-0.05, 0) is 36.5 Å². The minimum atomic E-state index is -0.440. The number of hydrogen-bond donors (Lipinski definition) is 1. The van der Waals surface area contributed by atoms with Crippen molar-refractivity contribution in [2.45, 2.75) is 12.6 Å². The molecule has 0 unspecified atom stereocenters. The maximum absolute atomic E-state index is 12.0. The van der Waals surface area contributed by atoms with Crippen LogP contribution in [-0.2, 0) is 11.3 Å². The van der Waals surface area contributed by atoms with Gasteiger partial charge in [-0.3, -0.25) is 4.90 Å². The molecule has 0 saturated carbocycles. The molecule has 1 saturated heterocycles. The number of anilines is 1. The Morgan fingerprint density at radius 3 is 2.81 bits per heavy atom. The molecule has 4 rings (SSSR count). The third-order valence-electron chi connectivity index (χ3n) is 4.11. The number of nitrogens with one attached hydrogen (secondary N) is 1. The highest BCUT2D eigenvalue weighted by molar-refractivity contribution is 7.80. The monoisotopic (exact) mass is 409 g/mol. The lowest BCUT2D eigenvalue weighted by Crippen LogP contribution is -2.49. The molecule has 0 amide bonds. The van der Waals surface area contributed by atoms with Gasteiger partial charge in [0.1, 0.15) is 11.8 Å². The molecule has 9 heteroatoms. The van der Waals surface area contributed by atoms with Crippen LogP contribution < -0.4 is 15.0 Å². The van der Waals surface area contributed by atoms with E-state index in [1.807, 2.05) is 0 Å². The smallest absolute Gasteiger partial charge is 0.357 e. The second-order valence-electron chi connectivity index (χ2n) is 5.92. The van der Waals surface area contributed by atoms with Crippen molar-refractivity contribution in [1.29, 1.82) is 0 Å². The quantitative estimate of drug-likeness (QED) is 0.616. The SMILES string of the molecule is O=C(OC1CNC1)c1ccc(N2Cc3cc(Cl)cc(Cl)c3OC2=S)cn1. The number of pyridine rings is 1. The summed E-state index contributed by atoms with van der Waals surface area (Å²) in [6.45, 7) is 1.79. The second-order valence-corrected chi connectivity index (χ2v) is 7.11. The molecule has 0 spiro atoms. The number of hydrogen-bond acceptors (Lipinski definition) is 6. The van der Waals surface area contributed by atoms with E-state index in [-0.39, 0.29) is 17.0 Å². The third-order valence-corrected chi connectivity index (χ3v) is 4.91. The summed E-state index contributed by atoms with van der Waals surface area (Å²) < 4.78 is 11.0. The Balaban J connectivity index is 1.53. The zero-order valence-corrected chi connectivity index (χ0v) is 15.7. The lowest BCUT2D eigenvalue weighted by molar-refractivity contribution is 0.0163. The van der Waals surface area contributed by atoms with Gasteiger partial charge >= 0.3 is 5.97 Å². The van der Waals surface area contributed by atoms with Crippen LogP contribution in [0.15, 0.2) is 30.5 Å². The lowest BCUT2D eigenvalue weighted by atomic mass is 10.1. The van der Waals surface area contributed by atoms with E-state index in [4.69, 9.17) is 44.9 Å². The first-order chi connectivity index (χ1) is 12.5. The summed E-state index contributed by atoms with van der Waals surface area (Å²) in [4.78, 5) is 18.0. The van der Waals surface area contributed by atoms with Gasteiger partial charge in [0.15, 0.2) is 5.75 Å². The molecule has 2 aliphatic heterocycles. The molecule has 3 heterocycles. The topological polar surface area (TPSA) is 63.7 Å². The first-order valence-electron chi connectivity index (χ1n) is 7.86. The number of nitrogens with zero attached hydrogens (tertiary/aromatic N) is 2. The molecule has 0 bridgehead atoms. The Hall–Kier alpha value is -1.93. The number of thiocarbonyl (C=S) groups is 1. The fourth-order valence-electron chi connectivity index (χ4n) is 2.64. The number of carbonyl (C=O) groups excluding carboxylic acids is 1. The standard InChI is InChI=1S/C17H13Cl2N3O3S/c18-10-3-9-8-22(17(26)25-15(9)13(19)4-10)11-1-2-14(21-5-11)16(23)24-12-6-20-7-12/h1-5,12,20H,6-8H2. The number of rotatable bonds is 3. The molecule has 0 radical (unpaired) electrons. The maximum Gasteiger partial charge on any atom is 0.357 e. The van der Waals surface area contributed by atoms with Crippen LogP contribution in [0.1, 0.15) is 16.1 Å². The normalized spacial score (nSPS) is 16.5. The highest BCUT2D eigenvalue weighted by Crippen LogP contribution is 2.37. The van der Waals surface area contributed by atoms with Crippen molar-refractivity contribution < 1.29 is 14.3 Å². The van der Waals surface area contributed by atoms with Crippen LogP contribution in [0, 0.1) is 0 Å². The minimum Gasteiger partial charge on any atom is -0.455 e. The predicted octanol–water partition coefficient (Wildman–Crippen LogP) is 3.20. The molecular weight excluding hydrogens is 397 g/mol. The van der Waals surface area contributed by atoms with Gasteiger partial charge in [-0.2, -0.15) is 0 Å². The summed E-state index contributed by atoms with van der Waals surface area (Å²) in [7, 11) is 0. The van der Waals surface area contributed by atoms with E-state index in [0.29, 0.717) is 41.1 Å². The van der Waals surface area contributed by atoms with Crippen LogP contribution in [0.4, 0.5) is 5.69 Å². The summed E-state index contributed by atoms with van der Waals surface area (Å²) in [5.74, 6) is 0.0732. The first-order valence-corrected chi connectivity index (χ1v) is 9.02. The Morgan fingerprint density at radius 1 is 1.35 bits per heavy atom. The van der Waals surface area contributed by atoms with Gasteiger partial charge in [0.25, 0.3) is 5.17 Å². The second kappa shape index (κ2) is 7.00. The molecule has 0 atom stereocenters. The lowest BCUT2D eigenvalue weighted by Gasteiger charge is -2.31. The Morgan fingerprint density at radius 2 is 2.15 bits per heavy atom. The van der Waals surface area contributed by atoms with Gasteiger partial charge in [0.2, 0.25) is 0 Å². The maximum atomic E-state index is 12.0. The first kappa shape index (κ1) is 17.5. The predicted molar refractivity (Wildman–Crippen MR) is 102 cm³/mol. The van der Waals surface area contributed by atoms with Crippen molar-refractivity contribution in [3.63, 3.8) is 0 Å². The van der Waals surface area contributed by atoms with Crippen molar-refractivity contribution in [3.05, 3.63) is 51.8 Å². The number of halogens is 2. The summed E-state index contributed by atoms with van der Waals surface area (Å²) in [5, 5.41) is 4.22. The Labute approximate surface area is 165 Å². The number of ether oxygens (including phenoxy) is 2. The highest BCUT2D eigenvalue weighted by atomic mass is 35.5. The number of fused-ring (bicyclic) bond motifs is 1. The molecule has 2 aromatic rings. The van der Waals surface area contributed by atoms with E-state index in [0.717, 1.165) is 5.56 Å². The van der Waals surface area contributed by atoms with Crippen molar-refractivity contribution in [2.24, 2.45) is 0 Å². The molecule has 26 heavy (non-hydrogen) atoms. The zero-order valence-electron chi connectivity index (χ0n) is 13.4. The number of aromatic nitrogens is 1. The van der Waals surface area contributed by atoms with E-state index < -0.39 is 5.97 Å². The van der Waals surface area contributed by atoms with Crippen LogP contribution in [0.25, 0.3) is 0 Å². The fraction of sp³-hybridized carbons (Fsp3) is 0.235. The van der Waals surface area contributed by atoms with E-state index >= 15 is 0 Å². The molecule has 1 N–H and O–H groups in total. The molecule has 134 valence electrons. The van der Waals surface area contributed by atoms with Crippen molar-refractivity contribution >= 4 is 52.3 Å². The Kier molecular flexibility index (Phi) is 4.71. The zero-order chi connectivity index (χ0) is 18.3. The van der Waals surface area contributed by atoms with Gasteiger partial charge in [0.05, 0.1) is 23.5 Å². The summed E-state index contributed by atoms with van der Waals surface area (Å²) in [6.07, 6.45) is 1.47. The third kappa shape index (κ3) is 3.35. The number of esters is 1. The van der Waals surface area contributed by atoms with E-state index in [9.17, 15) is 4.79 Å². The largest absolute Gasteiger partial charge is 0.455 e. The van der Waals surface area contributed by atoms with Crippen molar-refractivity contribution in [3.8, 4) is 5.75 Å². The molecule has 1 aromatic carbocycles. The molecular formula is C17H13Cl2N3O3S. The molecule has 2 aliphatic rings. The van der Waals surface area contributed by atoms with Crippen LogP contribution in [0.3, 0.4) is 0 Å². The highest BCUT2D eigenvalue weighted by Gasteiger charge is 2.27. The number of benzene rings is 1. The summed E-state index contributed by atoms with van der Waals surface area (Å²) in [6, 6.07) is 6.74. The van der Waals surface area contributed by atoms with Crippen molar-refractivity contribution in [1.82, 2.24) is 10.3 Å². The van der Waals surface area contributed by atoms with Crippen LogP contribution in [0.5, 0.6) is 5.75 Å². The number of carbonyl (C=O) groups is 1. The van der Waals surface area contributed by atoms with Crippen LogP contribution in [-0.4, -0.2) is 35.3 Å². The molecule has 6 nitrogen and oxygen atoms in total. The van der Waals surface area contributed by atoms with E-state index in [1.165, 1.54) is 0 Å². The summed E-state index contributed by atoms with van der Waals surface area (Å²) in [5.41, 5.74) is 1.76. The van der Waals surface area contributed by atoms with Gasteiger partial charge in [-0.1, -0.05) is 23.2 Å². The fourth-order valence-corrected chi connectivity index (χ4v) is 3.47. The molecule has 0 aliphatic carbocycles. The van der Waals surface area contributed by atoms with E-state index in [1.54, 1.807) is 35.4 Å². The van der Waals surface area contributed by atoms with Gasteiger partial charge in [0, 0.05) is 23.7 Å². The van der Waals surface area contributed by atoms with E-state index in [2.05, 4.69) is 10.3 Å². The van der Waals surface area contributed by atoms with Gasteiger partial charge < -0.3 is 14.8 Å².